The summed E-state index contributed by atoms with van der Waals surface area (Å²) < 4.78 is 105. The van der Waals surface area contributed by atoms with Gasteiger partial charge in [-0.1, -0.05) is 12.1 Å². The van der Waals surface area contributed by atoms with Crippen molar-refractivity contribution in [3.05, 3.63) is 82.4 Å². The molecule has 148 valence electrons. The maximum Gasteiger partial charge on any atom is 0.417 e. The van der Waals surface area contributed by atoms with Crippen molar-refractivity contribution in [3.63, 3.8) is 0 Å². The summed E-state index contributed by atoms with van der Waals surface area (Å²) >= 11 is 0. The fourth-order valence-electron chi connectivity index (χ4n) is 2.29. The molecule has 0 fully saturated rings. The van der Waals surface area contributed by atoms with E-state index in [2.05, 4.69) is 0 Å². The number of hydrogen-bond donors (Lipinski definition) is 0. The Kier molecular flexibility index (Phi) is 6.06. The monoisotopic (exact) mass is 406 g/mol. The second kappa shape index (κ2) is 7.95. The van der Waals surface area contributed by atoms with E-state index in [-0.39, 0.29) is 0 Å². The summed E-state index contributed by atoms with van der Waals surface area (Å²) in [4.78, 5) is 11.8. The van der Waals surface area contributed by atoms with Gasteiger partial charge in [-0.2, -0.15) is 26.3 Å². The van der Waals surface area contributed by atoms with Gasteiger partial charge in [0.25, 0.3) is 0 Å². The van der Waals surface area contributed by atoms with Crippen LogP contribution in [0.3, 0.4) is 0 Å². The number of benzene rings is 2. The van der Waals surface area contributed by atoms with Crippen molar-refractivity contribution in [3.8, 4) is 0 Å². The fourth-order valence-corrected chi connectivity index (χ4v) is 2.29. The summed E-state index contributed by atoms with van der Waals surface area (Å²) in [5.41, 5.74) is -4.46. The lowest BCUT2D eigenvalue weighted by atomic mass is 10.0. The molecule has 0 saturated carbocycles. The lowest BCUT2D eigenvalue weighted by molar-refractivity contribution is -0.138. The van der Waals surface area contributed by atoms with Gasteiger partial charge in [-0.3, -0.25) is 4.79 Å². The first-order valence-electron chi connectivity index (χ1n) is 7.53. The zero-order valence-corrected chi connectivity index (χ0v) is 13.7. The number of carbonyl (C=O) groups excluding carboxylic acids is 1. The minimum Gasteiger partial charge on any atom is -0.290 e. The van der Waals surface area contributed by atoms with Crippen LogP contribution in [0.25, 0.3) is 12.2 Å². The fraction of sp³-hybridized carbons (Fsp3) is 0.105. The quantitative estimate of drug-likeness (QED) is 0.430. The van der Waals surface area contributed by atoms with E-state index in [1.807, 2.05) is 0 Å². The Morgan fingerprint density at radius 3 is 1.36 bits per heavy atom. The molecule has 0 atom stereocenters. The predicted molar refractivity (Wildman–Crippen MR) is 85.9 cm³/mol. The molecular weight excluding hydrogens is 396 g/mol. The number of hydrogen-bond acceptors (Lipinski definition) is 1. The highest BCUT2D eigenvalue weighted by atomic mass is 19.4. The number of ketones is 1. The molecule has 2 rings (SSSR count). The third kappa shape index (κ3) is 5.05. The Balaban J connectivity index is 2.33. The first-order valence-corrected chi connectivity index (χ1v) is 7.53. The minimum atomic E-state index is -4.88. The van der Waals surface area contributed by atoms with Gasteiger partial charge in [-0.05, 0) is 48.6 Å². The lowest BCUT2D eigenvalue weighted by Gasteiger charge is -2.10. The largest absolute Gasteiger partial charge is 0.417 e. The zero-order chi connectivity index (χ0) is 21.1. The van der Waals surface area contributed by atoms with E-state index in [1.54, 1.807) is 0 Å². The van der Waals surface area contributed by atoms with Gasteiger partial charge in [0.2, 0.25) is 0 Å². The van der Waals surface area contributed by atoms with E-state index in [1.165, 1.54) is 0 Å². The van der Waals surface area contributed by atoms with Crippen LogP contribution in [0, 0.1) is 11.6 Å². The van der Waals surface area contributed by atoms with Crippen LogP contribution >= 0.6 is 0 Å². The first-order chi connectivity index (χ1) is 12.9. The molecule has 0 N–H and O–H groups in total. The van der Waals surface area contributed by atoms with Crippen LogP contribution in [0.2, 0.25) is 0 Å². The molecule has 0 aliphatic rings. The van der Waals surface area contributed by atoms with Crippen LogP contribution in [-0.2, 0) is 17.1 Å². The van der Waals surface area contributed by atoms with Gasteiger partial charge in [0.15, 0.2) is 5.78 Å². The van der Waals surface area contributed by atoms with Crippen molar-refractivity contribution in [2.24, 2.45) is 0 Å². The molecule has 0 aromatic heterocycles. The molecule has 28 heavy (non-hydrogen) atoms. The number of allylic oxidation sites excluding steroid dienone is 2. The van der Waals surface area contributed by atoms with E-state index >= 15 is 0 Å². The molecule has 2 aromatic carbocycles. The average Bonchev–Trinajstić information content (AvgIpc) is 2.57. The highest BCUT2D eigenvalue weighted by Gasteiger charge is 2.34. The summed E-state index contributed by atoms with van der Waals surface area (Å²) in [6.07, 6.45) is -7.57. The average molecular weight is 406 g/mol. The molecule has 0 amide bonds. The second-order valence-corrected chi connectivity index (χ2v) is 5.47. The SMILES string of the molecule is O=C(/C=C/c1c(F)cccc1C(F)(F)F)/C=C/c1c(F)cccc1C(F)(F)F. The Morgan fingerprint density at radius 2 is 1.04 bits per heavy atom. The Morgan fingerprint density at radius 1 is 0.679 bits per heavy atom. The van der Waals surface area contributed by atoms with Gasteiger partial charge >= 0.3 is 12.4 Å². The van der Waals surface area contributed by atoms with Crippen LogP contribution in [-0.4, -0.2) is 5.78 Å². The summed E-state index contributed by atoms with van der Waals surface area (Å²) in [7, 11) is 0. The van der Waals surface area contributed by atoms with Crippen LogP contribution < -0.4 is 0 Å². The van der Waals surface area contributed by atoms with Crippen molar-refractivity contribution in [2.45, 2.75) is 12.4 Å². The third-order valence-electron chi connectivity index (χ3n) is 3.55. The van der Waals surface area contributed by atoms with Crippen LogP contribution in [0.1, 0.15) is 22.3 Å². The van der Waals surface area contributed by atoms with E-state index in [4.69, 9.17) is 0 Å². The molecule has 9 heteroatoms. The predicted octanol–water partition coefficient (Wildman–Crippen LogP) is 6.30. The molecule has 1 nitrogen and oxygen atoms in total. The molecule has 0 aliphatic carbocycles. The van der Waals surface area contributed by atoms with E-state index in [9.17, 15) is 39.9 Å². The Hall–Kier alpha value is -2.97. The molecule has 0 unspecified atom stereocenters. The number of alkyl halides is 6. The topological polar surface area (TPSA) is 17.1 Å². The van der Waals surface area contributed by atoms with Crippen molar-refractivity contribution in [2.75, 3.05) is 0 Å². The van der Waals surface area contributed by atoms with Crippen molar-refractivity contribution >= 4 is 17.9 Å². The van der Waals surface area contributed by atoms with E-state index in [0.29, 0.717) is 36.4 Å². The van der Waals surface area contributed by atoms with Crippen molar-refractivity contribution in [1.82, 2.24) is 0 Å². The molecule has 0 saturated heterocycles. The highest BCUT2D eigenvalue weighted by molar-refractivity contribution is 6.04. The lowest BCUT2D eigenvalue weighted by Crippen LogP contribution is -2.09. The molecule has 0 aliphatic heterocycles. The summed E-state index contributed by atoms with van der Waals surface area (Å²) in [6.45, 7) is 0. The molecular formula is C19H10F8O. The first kappa shape index (κ1) is 21.3. The van der Waals surface area contributed by atoms with Crippen LogP contribution in [0.4, 0.5) is 35.1 Å². The maximum atomic E-state index is 13.7. The molecule has 0 spiro atoms. The van der Waals surface area contributed by atoms with Gasteiger partial charge in [0.1, 0.15) is 11.6 Å². The van der Waals surface area contributed by atoms with Crippen molar-refractivity contribution in [1.29, 1.82) is 0 Å². The zero-order valence-electron chi connectivity index (χ0n) is 13.7. The smallest absolute Gasteiger partial charge is 0.290 e. The van der Waals surface area contributed by atoms with Gasteiger partial charge < -0.3 is 0 Å². The molecule has 0 radical (unpaired) electrons. The highest BCUT2D eigenvalue weighted by Crippen LogP contribution is 2.34. The van der Waals surface area contributed by atoms with Crippen LogP contribution in [0.5, 0.6) is 0 Å². The van der Waals surface area contributed by atoms with Gasteiger partial charge in [0, 0.05) is 11.1 Å². The third-order valence-corrected chi connectivity index (χ3v) is 3.55. The second-order valence-electron chi connectivity index (χ2n) is 5.47. The standard InChI is InChI=1S/C19H10F8O/c20-16-5-1-3-14(18(22,23)24)12(16)9-7-11(28)8-10-13-15(19(25,26)27)4-2-6-17(13)21/h1-10H/b9-7+,10-8+. The number of halogens is 8. The summed E-state index contributed by atoms with van der Waals surface area (Å²) in [6, 6.07) is 4.41. The minimum absolute atomic E-state index is 0.540. The van der Waals surface area contributed by atoms with Crippen molar-refractivity contribution < 1.29 is 39.9 Å². The summed E-state index contributed by atoms with van der Waals surface area (Å²) in [5.74, 6) is -3.54. The number of carbonyl (C=O) groups is 1. The van der Waals surface area contributed by atoms with Gasteiger partial charge in [-0.15, -0.1) is 0 Å². The molecule has 2 aromatic rings. The van der Waals surface area contributed by atoms with E-state index in [0.717, 1.165) is 24.3 Å². The normalized spacial score (nSPS) is 12.9. The Bertz CT molecular complexity index is 860. The molecule has 0 heterocycles. The number of rotatable bonds is 4. The summed E-state index contributed by atoms with van der Waals surface area (Å²) in [5, 5.41) is 0. The Labute approximate surface area is 153 Å². The van der Waals surface area contributed by atoms with Gasteiger partial charge in [0.05, 0.1) is 11.1 Å². The molecule has 0 bridgehead atoms. The maximum absolute atomic E-state index is 13.7. The van der Waals surface area contributed by atoms with Crippen LogP contribution in [0.15, 0.2) is 48.6 Å². The van der Waals surface area contributed by atoms with Gasteiger partial charge in [-0.25, -0.2) is 8.78 Å². The van der Waals surface area contributed by atoms with E-state index < -0.39 is 52.0 Å².